The zero-order chi connectivity index (χ0) is 13.7. The molecule has 1 fully saturated rings. The van der Waals surface area contributed by atoms with Crippen LogP contribution in [0.25, 0.3) is 0 Å². The van der Waals surface area contributed by atoms with Gasteiger partial charge in [0.2, 0.25) is 0 Å². The van der Waals surface area contributed by atoms with Crippen molar-refractivity contribution in [3.8, 4) is 5.75 Å². The number of hydrogen-bond acceptors (Lipinski definition) is 3. The molecule has 104 valence electrons. The minimum Gasteiger partial charge on any atom is -0.484 e. The number of aliphatic hydroxyl groups excluding tert-OH is 1. The molecule has 0 saturated heterocycles. The third kappa shape index (κ3) is 5.09. The number of carbonyl (C=O) groups is 1. The fraction of sp³-hybridized carbons (Fsp3) is 0.500. The average Bonchev–Trinajstić information content (AvgIpc) is 3.22. The lowest BCUT2D eigenvalue weighted by molar-refractivity contribution is -0.123. The van der Waals surface area contributed by atoms with Crippen LogP contribution in [0, 0.1) is 5.92 Å². The first kappa shape index (κ1) is 14.2. The summed E-state index contributed by atoms with van der Waals surface area (Å²) in [5, 5.41) is 13.0. The summed E-state index contributed by atoms with van der Waals surface area (Å²) in [5.41, 5.74) is 0. The van der Waals surface area contributed by atoms with Gasteiger partial charge in [-0.1, -0.05) is 11.6 Å². The highest BCUT2D eigenvalue weighted by Gasteiger charge is 2.29. The van der Waals surface area contributed by atoms with Gasteiger partial charge in [-0.3, -0.25) is 4.79 Å². The summed E-state index contributed by atoms with van der Waals surface area (Å²) in [6.07, 6.45) is 2.54. The van der Waals surface area contributed by atoms with Crippen molar-refractivity contribution >= 4 is 17.5 Å². The Morgan fingerprint density at radius 1 is 1.42 bits per heavy atom. The number of amides is 1. The van der Waals surface area contributed by atoms with Gasteiger partial charge >= 0.3 is 0 Å². The van der Waals surface area contributed by atoms with Crippen LogP contribution in [-0.4, -0.2) is 30.3 Å². The fourth-order valence-electron chi connectivity index (χ4n) is 1.81. The molecule has 1 saturated carbocycles. The number of benzene rings is 1. The summed E-state index contributed by atoms with van der Waals surface area (Å²) in [7, 11) is 0. The second-order valence-corrected chi connectivity index (χ2v) is 5.22. The van der Waals surface area contributed by atoms with E-state index in [1.54, 1.807) is 24.3 Å². The topological polar surface area (TPSA) is 58.6 Å². The second kappa shape index (κ2) is 6.78. The Labute approximate surface area is 117 Å². The SMILES string of the molecule is O=C(COc1ccc(Cl)cc1)NCC[C@H](O)C1CC1. The molecule has 0 aliphatic heterocycles. The van der Waals surface area contributed by atoms with Crippen molar-refractivity contribution in [2.45, 2.75) is 25.4 Å². The monoisotopic (exact) mass is 283 g/mol. The van der Waals surface area contributed by atoms with Crippen LogP contribution in [0.1, 0.15) is 19.3 Å². The Hall–Kier alpha value is -1.26. The van der Waals surface area contributed by atoms with Gasteiger partial charge in [0.25, 0.3) is 5.91 Å². The minimum absolute atomic E-state index is 0.0266. The molecule has 0 aromatic heterocycles. The highest BCUT2D eigenvalue weighted by atomic mass is 35.5. The Morgan fingerprint density at radius 3 is 2.74 bits per heavy atom. The molecule has 0 spiro atoms. The van der Waals surface area contributed by atoms with E-state index in [0.29, 0.717) is 29.7 Å². The van der Waals surface area contributed by atoms with Crippen LogP contribution in [0.4, 0.5) is 0 Å². The quantitative estimate of drug-likeness (QED) is 0.805. The van der Waals surface area contributed by atoms with Crippen molar-refractivity contribution in [3.63, 3.8) is 0 Å². The molecule has 0 bridgehead atoms. The first-order valence-electron chi connectivity index (χ1n) is 6.48. The van der Waals surface area contributed by atoms with Crippen LogP contribution in [0.2, 0.25) is 5.02 Å². The lowest BCUT2D eigenvalue weighted by Crippen LogP contribution is -2.31. The van der Waals surface area contributed by atoms with Gasteiger partial charge in [0, 0.05) is 11.6 Å². The van der Waals surface area contributed by atoms with Crippen molar-refractivity contribution in [1.29, 1.82) is 0 Å². The molecule has 1 aromatic rings. The van der Waals surface area contributed by atoms with Gasteiger partial charge < -0.3 is 15.2 Å². The molecule has 0 unspecified atom stereocenters. The van der Waals surface area contributed by atoms with Crippen LogP contribution < -0.4 is 10.1 Å². The van der Waals surface area contributed by atoms with Crippen molar-refractivity contribution in [1.82, 2.24) is 5.32 Å². The lowest BCUT2D eigenvalue weighted by Gasteiger charge is -2.10. The standard InChI is InChI=1S/C14H18ClNO3/c15-11-3-5-12(6-4-11)19-9-14(18)16-8-7-13(17)10-1-2-10/h3-6,10,13,17H,1-2,7-9H2,(H,16,18)/t13-/m0/s1. The van der Waals surface area contributed by atoms with Gasteiger partial charge in [-0.15, -0.1) is 0 Å². The van der Waals surface area contributed by atoms with Gasteiger partial charge in [-0.25, -0.2) is 0 Å². The van der Waals surface area contributed by atoms with E-state index in [4.69, 9.17) is 16.3 Å². The van der Waals surface area contributed by atoms with Gasteiger partial charge in [0.15, 0.2) is 6.61 Å². The second-order valence-electron chi connectivity index (χ2n) is 4.79. The van der Waals surface area contributed by atoms with Gasteiger partial charge in [-0.05, 0) is 49.4 Å². The molecule has 2 rings (SSSR count). The molecule has 1 atom stereocenters. The number of ether oxygens (including phenoxy) is 1. The number of hydrogen-bond donors (Lipinski definition) is 2. The summed E-state index contributed by atoms with van der Waals surface area (Å²) >= 11 is 5.74. The molecular formula is C14H18ClNO3. The predicted molar refractivity (Wildman–Crippen MR) is 73.3 cm³/mol. The number of aliphatic hydroxyl groups is 1. The van der Waals surface area contributed by atoms with E-state index in [0.717, 1.165) is 12.8 Å². The van der Waals surface area contributed by atoms with E-state index in [9.17, 15) is 9.90 Å². The number of rotatable bonds is 7. The molecule has 0 radical (unpaired) electrons. The summed E-state index contributed by atoms with van der Waals surface area (Å²) in [6, 6.07) is 6.85. The highest BCUT2D eigenvalue weighted by Crippen LogP contribution is 2.33. The zero-order valence-corrected chi connectivity index (χ0v) is 11.4. The molecule has 1 amide bonds. The Bertz CT molecular complexity index is 417. The van der Waals surface area contributed by atoms with Crippen molar-refractivity contribution < 1.29 is 14.6 Å². The van der Waals surface area contributed by atoms with Crippen LogP contribution in [-0.2, 0) is 4.79 Å². The van der Waals surface area contributed by atoms with E-state index in [-0.39, 0.29) is 18.6 Å². The zero-order valence-electron chi connectivity index (χ0n) is 10.6. The first-order chi connectivity index (χ1) is 9.15. The van der Waals surface area contributed by atoms with Gasteiger partial charge in [0.1, 0.15) is 5.75 Å². The van der Waals surface area contributed by atoms with E-state index in [1.165, 1.54) is 0 Å². The maximum Gasteiger partial charge on any atom is 0.257 e. The lowest BCUT2D eigenvalue weighted by atomic mass is 10.2. The van der Waals surface area contributed by atoms with E-state index in [2.05, 4.69) is 5.32 Å². The molecule has 0 heterocycles. The summed E-state index contributed by atoms with van der Waals surface area (Å²) < 4.78 is 5.31. The minimum atomic E-state index is -0.280. The maximum atomic E-state index is 11.5. The molecular weight excluding hydrogens is 266 g/mol. The van der Waals surface area contributed by atoms with Crippen LogP contribution in [0.15, 0.2) is 24.3 Å². The van der Waals surface area contributed by atoms with Gasteiger partial charge in [-0.2, -0.15) is 0 Å². The Morgan fingerprint density at radius 2 is 2.11 bits per heavy atom. The van der Waals surface area contributed by atoms with Crippen molar-refractivity contribution in [2.24, 2.45) is 5.92 Å². The van der Waals surface area contributed by atoms with E-state index >= 15 is 0 Å². The first-order valence-corrected chi connectivity index (χ1v) is 6.86. The largest absolute Gasteiger partial charge is 0.484 e. The molecule has 5 heteroatoms. The van der Waals surface area contributed by atoms with Crippen molar-refractivity contribution in [2.75, 3.05) is 13.2 Å². The molecule has 19 heavy (non-hydrogen) atoms. The van der Waals surface area contributed by atoms with Crippen LogP contribution >= 0.6 is 11.6 Å². The number of nitrogens with one attached hydrogen (secondary N) is 1. The predicted octanol–water partition coefficient (Wildman–Crippen LogP) is 2.00. The molecule has 1 aliphatic rings. The average molecular weight is 284 g/mol. The number of carbonyl (C=O) groups excluding carboxylic acids is 1. The fourth-order valence-corrected chi connectivity index (χ4v) is 1.93. The molecule has 2 N–H and O–H groups in total. The van der Waals surface area contributed by atoms with E-state index in [1.807, 2.05) is 0 Å². The summed E-state index contributed by atoms with van der Waals surface area (Å²) in [5.74, 6) is 0.873. The Kier molecular flexibility index (Phi) is 5.05. The van der Waals surface area contributed by atoms with E-state index < -0.39 is 0 Å². The van der Waals surface area contributed by atoms with Crippen LogP contribution in [0.5, 0.6) is 5.75 Å². The van der Waals surface area contributed by atoms with Crippen LogP contribution in [0.3, 0.4) is 0 Å². The third-order valence-electron chi connectivity index (χ3n) is 3.11. The molecule has 1 aliphatic carbocycles. The smallest absolute Gasteiger partial charge is 0.257 e. The molecule has 1 aromatic carbocycles. The summed E-state index contributed by atoms with van der Waals surface area (Å²) in [4.78, 5) is 11.5. The van der Waals surface area contributed by atoms with Crippen molar-refractivity contribution in [3.05, 3.63) is 29.3 Å². The van der Waals surface area contributed by atoms with Gasteiger partial charge in [0.05, 0.1) is 6.10 Å². The normalized spacial score (nSPS) is 15.9. The summed E-state index contributed by atoms with van der Waals surface area (Å²) in [6.45, 7) is 0.460. The number of halogens is 1. The molecule has 4 nitrogen and oxygen atoms in total. The third-order valence-corrected chi connectivity index (χ3v) is 3.36. The highest BCUT2D eigenvalue weighted by molar-refractivity contribution is 6.30. The maximum absolute atomic E-state index is 11.5. The Balaban J connectivity index is 1.60.